The summed E-state index contributed by atoms with van der Waals surface area (Å²) >= 11 is 0. The maximum atomic E-state index is 13.1. The van der Waals surface area contributed by atoms with Crippen molar-refractivity contribution in [1.82, 2.24) is 25.8 Å². The first-order chi connectivity index (χ1) is 28.5. The van der Waals surface area contributed by atoms with E-state index in [1.807, 2.05) is 24.3 Å². The Balaban J connectivity index is 0.816. The summed E-state index contributed by atoms with van der Waals surface area (Å²) in [6.07, 6.45) is 6.12. The third-order valence-electron chi connectivity index (χ3n) is 10.3. The van der Waals surface area contributed by atoms with Crippen molar-refractivity contribution in [2.75, 3.05) is 6.54 Å². The summed E-state index contributed by atoms with van der Waals surface area (Å²) < 4.78 is 5.59. The normalized spacial score (nSPS) is 14.8. The second-order valence-electron chi connectivity index (χ2n) is 14.4. The molecule has 1 atom stereocenters. The number of fused-ring (bicyclic) bond motifs is 1. The van der Waals surface area contributed by atoms with Gasteiger partial charge in [0.1, 0.15) is 11.7 Å². The van der Waals surface area contributed by atoms with Gasteiger partial charge < -0.3 is 15.1 Å². The van der Waals surface area contributed by atoms with Crippen LogP contribution < -0.4 is 16.0 Å². The molecule has 1 unspecified atom stereocenters. The molecular weight excluding hydrogens is 757 g/mol. The Hall–Kier alpha value is -7.29. The van der Waals surface area contributed by atoms with Crippen molar-refractivity contribution >= 4 is 41.1 Å². The number of nitro groups is 1. The number of unbranched alkanes of at least 4 members (excludes halogenated alkanes) is 4. The summed E-state index contributed by atoms with van der Waals surface area (Å²) in [5.74, 6) is -2.02. The number of imide groups is 2. The number of hydrogen-bond donors (Lipinski definition) is 3. The minimum Gasteiger partial charge on any atom is -0.463 e. The Morgan fingerprint density at radius 2 is 1.51 bits per heavy atom. The molecule has 3 N–H and O–H groups in total. The van der Waals surface area contributed by atoms with E-state index in [1.165, 1.54) is 18.2 Å². The van der Waals surface area contributed by atoms with Gasteiger partial charge in [-0.2, -0.15) is 0 Å². The average molecular weight is 797 g/mol. The lowest BCUT2D eigenvalue weighted by Gasteiger charge is -2.27. The van der Waals surface area contributed by atoms with E-state index in [1.54, 1.807) is 54.8 Å². The van der Waals surface area contributed by atoms with Crippen LogP contribution in [0.2, 0.25) is 0 Å². The van der Waals surface area contributed by atoms with Gasteiger partial charge in [0.25, 0.3) is 23.4 Å². The standard InChI is InChI=1S/C44H40N6O9/c51-39(46-26-27-9-18-33-34(23-27)44(56)49(43(33)55)37-19-20-40(52)48-42(37)54)8-4-2-1-3-5-21-45-41(53)30-12-10-28(11-13-30)31-24-35(29-14-16-32(17-15-29)50(57)58)47-36(25-31)38-7-6-22-59-38/h6-7,9-18,22-25,37H,1-5,8,19-21,26H2,(H,45,53)(H,46,51)(H,48,52,54). The third kappa shape index (κ3) is 9.31. The van der Waals surface area contributed by atoms with Gasteiger partial charge in [0.05, 0.1) is 28.0 Å². The molecule has 300 valence electrons. The van der Waals surface area contributed by atoms with E-state index < -0.39 is 34.6 Å². The molecule has 5 aromatic rings. The molecule has 6 amide bonds. The van der Waals surface area contributed by atoms with Gasteiger partial charge >= 0.3 is 0 Å². The quantitative estimate of drug-likeness (QED) is 0.0435. The van der Waals surface area contributed by atoms with Crippen molar-refractivity contribution < 1.29 is 38.1 Å². The monoisotopic (exact) mass is 796 g/mol. The molecule has 1 saturated heterocycles. The molecular formula is C44H40N6O9. The number of piperidine rings is 1. The van der Waals surface area contributed by atoms with Crippen molar-refractivity contribution in [2.24, 2.45) is 0 Å². The number of pyridine rings is 1. The lowest BCUT2D eigenvalue weighted by molar-refractivity contribution is -0.384. The number of rotatable bonds is 16. The molecule has 3 aromatic carbocycles. The second kappa shape index (κ2) is 17.9. The third-order valence-corrected chi connectivity index (χ3v) is 10.3. The number of nitro benzene ring substituents is 1. The minimum atomic E-state index is -1.04. The van der Waals surface area contributed by atoms with Gasteiger partial charge in [0.2, 0.25) is 17.7 Å². The van der Waals surface area contributed by atoms with Crippen molar-refractivity contribution in [3.63, 3.8) is 0 Å². The Labute approximate surface area is 338 Å². The van der Waals surface area contributed by atoms with Crippen molar-refractivity contribution in [3.8, 4) is 33.8 Å². The van der Waals surface area contributed by atoms with Gasteiger partial charge in [-0.3, -0.25) is 49.1 Å². The van der Waals surface area contributed by atoms with E-state index in [0.717, 1.165) is 41.7 Å². The lowest BCUT2D eigenvalue weighted by Crippen LogP contribution is -2.54. The van der Waals surface area contributed by atoms with Gasteiger partial charge in [-0.1, -0.05) is 37.5 Å². The molecule has 2 aliphatic heterocycles. The first kappa shape index (κ1) is 39.9. The summed E-state index contributed by atoms with van der Waals surface area (Å²) in [4.78, 5) is 91.5. The average Bonchev–Trinajstić information content (AvgIpc) is 3.87. The number of furan rings is 1. The van der Waals surface area contributed by atoms with E-state index >= 15 is 0 Å². The van der Waals surface area contributed by atoms with E-state index in [-0.39, 0.29) is 48.0 Å². The predicted octanol–water partition coefficient (Wildman–Crippen LogP) is 6.37. The molecule has 59 heavy (non-hydrogen) atoms. The molecule has 0 bridgehead atoms. The number of nitrogens with zero attached hydrogens (tertiary/aromatic N) is 3. The summed E-state index contributed by atoms with van der Waals surface area (Å²) in [5.41, 5.74) is 5.11. The number of nitrogens with one attached hydrogen (secondary N) is 3. The summed E-state index contributed by atoms with van der Waals surface area (Å²) in [7, 11) is 0. The molecule has 0 saturated carbocycles. The van der Waals surface area contributed by atoms with E-state index in [9.17, 15) is 38.9 Å². The first-order valence-corrected chi connectivity index (χ1v) is 19.4. The van der Waals surface area contributed by atoms with Crippen molar-refractivity contribution in [3.05, 3.63) is 130 Å². The number of carbonyl (C=O) groups is 6. The highest BCUT2D eigenvalue weighted by Gasteiger charge is 2.44. The zero-order valence-electron chi connectivity index (χ0n) is 31.9. The van der Waals surface area contributed by atoms with Crippen LogP contribution in [-0.2, 0) is 20.9 Å². The van der Waals surface area contributed by atoms with Crippen LogP contribution in [0.4, 0.5) is 5.69 Å². The number of amides is 6. The SMILES string of the molecule is O=C(CCCCCCCNC(=O)c1ccc(-c2cc(-c3ccc([N+](=O)[O-])cc3)nc(-c3ccco3)c2)cc1)NCc1ccc2c(c1)C(=O)N(C1CCC(=O)NC1=O)C2=O. The molecule has 7 rings (SSSR count). The number of carbonyl (C=O) groups excluding carboxylic acids is 6. The highest BCUT2D eigenvalue weighted by Crippen LogP contribution is 2.32. The molecule has 2 aliphatic rings. The molecule has 15 nitrogen and oxygen atoms in total. The van der Waals surface area contributed by atoms with Crippen LogP contribution in [0.25, 0.3) is 33.8 Å². The van der Waals surface area contributed by atoms with Crippen LogP contribution in [0.3, 0.4) is 0 Å². The summed E-state index contributed by atoms with van der Waals surface area (Å²) in [6.45, 7) is 0.687. The predicted molar refractivity (Wildman–Crippen MR) is 214 cm³/mol. The van der Waals surface area contributed by atoms with E-state index in [0.29, 0.717) is 53.2 Å². The maximum Gasteiger partial charge on any atom is 0.269 e. The maximum absolute atomic E-state index is 13.1. The Kier molecular flexibility index (Phi) is 12.1. The second-order valence-corrected chi connectivity index (χ2v) is 14.4. The van der Waals surface area contributed by atoms with Gasteiger partial charge in [-0.15, -0.1) is 0 Å². The fourth-order valence-corrected chi connectivity index (χ4v) is 7.13. The molecule has 2 aromatic heterocycles. The molecule has 0 spiro atoms. The van der Waals surface area contributed by atoms with Gasteiger partial charge in [-0.25, -0.2) is 4.98 Å². The zero-order valence-corrected chi connectivity index (χ0v) is 31.9. The van der Waals surface area contributed by atoms with Gasteiger partial charge in [0, 0.05) is 49.2 Å². The zero-order chi connectivity index (χ0) is 41.5. The first-order valence-electron chi connectivity index (χ1n) is 19.4. The highest BCUT2D eigenvalue weighted by atomic mass is 16.6. The van der Waals surface area contributed by atoms with Gasteiger partial charge in [-0.05, 0) is 96.6 Å². The fraction of sp³-hybridized carbons (Fsp3) is 0.250. The Morgan fingerprint density at radius 1 is 0.797 bits per heavy atom. The topological polar surface area (TPSA) is 211 Å². The largest absolute Gasteiger partial charge is 0.463 e. The van der Waals surface area contributed by atoms with Crippen molar-refractivity contribution in [1.29, 1.82) is 0 Å². The van der Waals surface area contributed by atoms with Gasteiger partial charge in [0.15, 0.2) is 5.76 Å². The van der Waals surface area contributed by atoms with Crippen molar-refractivity contribution in [2.45, 2.75) is 64.0 Å². The lowest BCUT2D eigenvalue weighted by atomic mass is 10.00. The summed E-state index contributed by atoms with van der Waals surface area (Å²) in [6, 6.07) is 24.5. The number of benzene rings is 3. The molecule has 4 heterocycles. The molecule has 0 radical (unpaired) electrons. The smallest absolute Gasteiger partial charge is 0.269 e. The highest BCUT2D eigenvalue weighted by molar-refractivity contribution is 6.23. The van der Waals surface area contributed by atoms with E-state index in [2.05, 4.69) is 16.0 Å². The fourth-order valence-electron chi connectivity index (χ4n) is 7.13. The number of aromatic nitrogens is 1. The molecule has 1 fully saturated rings. The van der Waals surface area contributed by atoms with E-state index in [4.69, 9.17) is 9.40 Å². The minimum absolute atomic E-state index is 0.0128. The Morgan fingerprint density at radius 3 is 2.24 bits per heavy atom. The number of hydrogen-bond acceptors (Lipinski definition) is 10. The van der Waals surface area contributed by atoms with Crippen LogP contribution in [-0.4, -0.2) is 62.8 Å². The molecule has 15 heteroatoms. The summed E-state index contributed by atoms with van der Waals surface area (Å²) in [5, 5.41) is 19.1. The molecule has 0 aliphatic carbocycles. The number of non-ortho nitro benzene ring substituents is 1. The Bertz CT molecular complexity index is 2430. The van der Waals surface area contributed by atoms with Crippen LogP contribution in [0.15, 0.2) is 102 Å². The van der Waals surface area contributed by atoms with Crippen LogP contribution in [0.5, 0.6) is 0 Å². The van der Waals surface area contributed by atoms with Crippen LogP contribution >= 0.6 is 0 Å². The van der Waals surface area contributed by atoms with Crippen LogP contribution in [0, 0.1) is 10.1 Å². The van der Waals surface area contributed by atoms with Crippen LogP contribution in [0.1, 0.15) is 88.0 Å².